The number of nitrogens with one attached hydrogen (secondary N) is 1. The van der Waals surface area contributed by atoms with Crippen LogP contribution in [0.15, 0.2) is 52.8 Å². The molecule has 2 N–H and O–H groups in total. The van der Waals surface area contributed by atoms with Crippen LogP contribution < -0.4 is 4.74 Å². The summed E-state index contributed by atoms with van der Waals surface area (Å²) in [6.45, 7) is 3.05. The molecule has 0 saturated carbocycles. The zero-order chi connectivity index (χ0) is 22.8. The SMILES string of the molecule is CC(=NCC(=S)Cc1ccc(-c2nn[nH]n2)cc1)c1csc(-c2ccc3c(c2)CCO3)c1O. The van der Waals surface area contributed by atoms with Gasteiger partial charge in [0.05, 0.1) is 18.0 Å². The average molecular weight is 476 g/mol. The minimum atomic E-state index is 0.267. The zero-order valence-electron chi connectivity index (χ0n) is 17.9. The van der Waals surface area contributed by atoms with Gasteiger partial charge in [0, 0.05) is 39.9 Å². The van der Waals surface area contributed by atoms with E-state index < -0.39 is 0 Å². The first-order valence-corrected chi connectivity index (χ1v) is 11.8. The van der Waals surface area contributed by atoms with Gasteiger partial charge in [-0.3, -0.25) is 4.99 Å². The zero-order valence-corrected chi connectivity index (χ0v) is 19.5. The lowest BCUT2D eigenvalue weighted by molar-refractivity contribution is 0.357. The number of hydrogen-bond donors (Lipinski definition) is 2. The number of fused-ring (bicyclic) bond motifs is 1. The molecule has 5 rings (SSSR count). The summed E-state index contributed by atoms with van der Waals surface area (Å²) in [4.78, 5) is 6.32. The van der Waals surface area contributed by atoms with E-state index in [1.165, 1.54) is 16.9 Å². The summed E-state index contributed by atoms with van der Waals surface area (Å²) in [6.07, 6.45) is 1.55. The van der Waals surface area contributed by atoms with E-state index in [2.05, 4.69) is 31.7 Å². The third-order valence-electron chi connectivity index (χ3n) is 5.56. The molecule has 0 unspecified atom stereocenters. The number of thiophene rings is 1. The second-order valence-corrected chi connectivity index (χ2v) is 9.25. The predicted molar refractivity (Wildman–Crippen MR) is 134 cm³/mol. The molecule has 9 heteroatoms. The standard InChI is InChI=1S/C24H21N5O2S2/c1-14(20-13-33-23(22(20)30)18-6-7-21-17(11-18)8-9-31-21)25-12-19(32)10-15-2-4-16(5-3-15)24-26-28-29-27-24/h2-7,11,13,30H,8-10,12H2,1H3,(H,26,27,28,29). The highest BCUT2D eigenvalue weighted by Crippen LogP contribution is 2.40. The summed E-state index contributed by atoms with van der Waals surface area (Å²) in [7, 11) is 0. The lowest BCUT2D eigenvalue weighted by Gasteiger charge is -2.05. The molecule has 2 aromatic carbocycles. The Morgan fingerprint density at radius 3 is 2.82 bits per heavy atom. The van der Waals surface area contributed by atoms with E-state index in [0.717, 1.165) is 56.5 Å². The van der Waals surface area contributed by atoms with E-state index in [1.807, 2.05) is 48.7 Å². The first-order valence-electron chi connectivity index (χ1n) is 10.5. The molecule has 0 fully saturated rings. The van der Waals surface area contributed by atoms with Gasteiger partial charge >= 0.3 is 0 Å². The number of aromatic nitrogens is 4. The Balaban J connectivity index is 1.24. The van der Waals surface area contributed by atoms with Crippen molar-refractivity contribution in [1.29, 1.82) is 0 Å². The Labute approximate surface area is 200 Å². The molecule has 2 aromatic heterocycles. The normalized spacial score (nSPS) is 13.1. The van der Waals surface area contributed by atoms with E-state index in [-0.39, 0.29) is 5.75 Å². The van der Waals surface area contributed by atoms with Crippen molar-refractivity contribution in [2.45, 2.75) is 19.8 Å². The Bertz CT molecular complexity index is 1330. The van der Waals surface area contributed by atoms with Crippen LogP contribution >= 0.6 is 23.6 Å². The van der Waals surface area contributed by atoms with Crippen molar-refractivity contribution in [2.24, 2.45) is 4.99 Å². The fourth-order valence-electron chi connectivity index (χ4n) is 3.77. The quantitative estimate of drug-likeness (QED) is 0.298. The number of H-pyrrole nitrogens is 1. The maximum atomic E-state index is 10.9. The fourth-order valence-corrected chi connectivity index (χ4v) is 5.01. The Morgan fingerprint density at radius 1 is 1.21 bits per heavy atom. The van der Waals surface area contributed by atoms with Crippen LogP contribution in [0.5, 0.6) is 11.5 Å². The lowest BCUT2D eigenvalue weighted by atomic mass is 10.1. The summed E-state index contributed by atoms with van der Waals surface area (Å²) in [5, 5.41) is 26.8. The maximum absolute atomic E-state index is 10.9. The van der Waals surface area contributed by atoms with Crippen LogP contribution in [0.25, 0.3) is 21.8 Å². The highest BCUT2D eigenvalue weighted by Gasteiger charge is 2.18. The van der Waals surface area contributed by atoms with Crippen molar-refractivity contribution in [2.75, 3.05) is 13.2 Å². The molecule has 7 nitrogen and oxygen atoms in total. The van der Waals surface area contributed by atoms with Crippen LogP contribution in [0.3, 0.4) is 0 Å². The molecule has 3 heterocycles. The number of ether oxygens (including phenoxy) is 1. The van der Waals surface area contributed by atoms with Gasteiger partial charge in [0.15, 0.2) is 0 Å². The smallest absolute Gasteiger partial charge is 0.204 e. The second kappa shape index (κ2) is 9.21. The van der Waals surface area contributed by atoms with Crippen molar-refractivity contribution in [3.63, 3.8) is 0 Å². The first-order chi connectivity index (χ1) is 16.1. The van der Waals surface area contributed by atoms with Gasteiger partial charge in [-0.2, -0.15) is 5.21 Å². The fraction of sp³-hybridized carbons (Fsp3) is 0.208. The molecule has 166 valence electrons. The van der Waals surface area contributed by atoms with Gasteiger partial charge in [0.2, 0.25) is 5.82 Å². The molecule has 0 aliphatic carbocycles. The van der Waals surface area contributed by atoms with Crippen LogP contribution in [-0.4, -0.2) is 49.5 Å². The van der Waals surface area contributed by atoms with Gasteiger partial charge in [0.1, 0.15) is 11.5 Å². The number of aliphatic imine (C=N–C) groups is 1. The number of aromatic amines is 1. The minimum Gasteiger partial charge on any atom is -0.506 e. The minimum absolute atomic E-state index is 0.267. The number of rotatable bonds is 7. The monoisotopic (exact) mass is 475 g/mol. The Hall–Kier alpha value is -3.43. The summed E-state index contributed by atoms with van der Waals surface area (Å²) >= 11 is 7.08. The number of nitrogens with zero attached hydrogens (tertiary/aromatic N) is 4. The molecule has 0 bridgehead atoms. The molecule has 0 saturated heterocycles. The Kier molecular flexibility index (Phi) is 5.97. The number of thiocarbonyl (C=S) groups is 1. The highest BCUT2D eigenvalue weighted by molar-refractivity contribution is 7.80. The van der Waals surface area contributed by atoms with Gasteiger partial charge in [-0.25, -0.2) is 0 Å². The molecule has 4 aromatic rings. The van der Waals surface area contributed by atoms with Crippen molar-refractivity contribution < 1.29 is 9.84 Å². The lowest BCUT2D eigenvalue weighted by Crippen LogP contribution is -2.06. The molecule has 0 amide bonds. The van der Waals surface area contributed by atoms with Crippen molar-refractivity contribution >= 4 is 34.1 Å². The highest BCUT2D eigenvalue weighted by atomic mass is 32.1. The predicted octanol–water partition coefficient (Wildman–Crippen LogP) is 4.66. The van der Waals surface area contributed by atoms with Gasteiger partial charge < -0.3 is 9.84 Å². The van der Waals surface area contributed by atoms with Crippen LogP contribution in [0, 0.1) is 0 Å². The third kappa shape index (κ3) is 4.55. The van der Waals surface area contributed by atoms with Crippen LogP contribution in [0.1, 0.15) is 23.6 Å². The summed E-state index contributed by atoms with van der Waals surface area (Å²) in [6, 6.07) is 14.0. The Morgan fingerprint density at radius 2 is 2.03 bits per heavy atom. The molecule has 0 atom stereocenters. The van der Waals surface area contributed by atoms with E-state index in [4.69, 9.17) is 17.0 Å². The summed E-state index contributed by atoms with van der Waals surface area (Å²) < 4.78 is 5.58. The van der Waals surface area contributed by atoms with Gasteiger partial charge in [-0.05, 0) is 47.0 Å². The molecule has 33 heavy (non-hydrogen) atoms. The topological polar surface area (TPSA) is 96.3 Å². The van der Waals surface area contributed by atoms with E-state index in [0.29, 0.717) is 18.8 Å². The molecular weight excluding hydrogens is 454 g/mol. The van der Waals surface area contributed by atoms with Crippen LogP contribution in [-0.2, 0) is 12.8 Å². The van der Waals surface area contributed by atoms with Crippen LogP contribution in [0.4, 0.5) is 0 Å². The second-order valence-electron chi connectivity index (χ2n) is 7.80. The average Bonchev–Trinajstić information content (AvgIpc) is 3.58. The first kappa shape index (κ1) is 21.4. The molecule has 0 spiro atoms. The largest absolute Gasteiger partial charge is 0.506 e. The van der Waals surface area contributed by atoms with E-state index in [1.54, 1.807) is 0 Å². The van der Waals surface area contributed by atoms with Crippen LogP contribution in [0.2, 0.25) is 0 Å². The van der Waals surface area contributed by atoms with Gasteiger partial charge in [-0.15, -0.1) is 21.5 Å². The third-order valence-corrected chi connectivity index (χ3v) is 6.85. The summed E-state index contributed by atoms with van der Waals surface area (Å²) in [5.41, 5.74) is 5.70. The number of hydrogen-bond acceptors (Lipinski definition) is 8. The number of aromatic hydroxyl groups is 1. The van der Waals surface area contributed by atoms with Crippen molar-refractivity contribution in [3.05, 3.63) is 64.5 Å². The molecule has 1 aliphatic rings. The summed E-state index contributed by atoms with van der Waals surface area (Å²) in [5.74, 6) is 1.77. The molecule has 1 aliphatic heterocycles. The van der Waals surface area contributed by atoms with E-state index >= 15 is 0 Å². The number of tetrazole rings is 1. The van der Waals surface area contributed by atoms with Crippen molar-refractivity contribution in [3.8, 4) is 33.3 Å². The molecule has 0 radical (unpaired) electrons. The van der Waals surface area contributed by atoms with Crippen molar-refractivity contribution in [1.82, 2.24) is 20.6 Å². The van der Waals surface area contributed by atoms with Gasteiger partial charge in [0.25, 0.3) is 0 Å². The maximum Gasteiger partial charge on any atom is 0.204 e. The number of benzene rings is 2. The van der Waals surface area contributed by atoms with E-state index in [9.17, 15) is 5.11 Å². The molecular formula is C24H21N5O2S2. The van der Waals surface area contributed by atoms with Gasteiger partial charge in [-0.1, -0.05) is 36.5 Å².